The molecule has 1 heterocycles. The molecule has 1 saturated heterocycles. The Morgan fingerprint density at radius 1 is 1.44 bits per heavy atom. The highest BCUT2D eigenvalue weighted by Gasteiger charge is 2.18. The lowest BCUT2D eigenvalue weighted by Crippen LogP contribution is -2.38. The van der Waals surface area contributed by atoms with Gasteiger partial charge in [0.15, 0.2) is 0 Å². The van der Waals surface area contributed by atoms with Crippen LogP contribution in [-0.2, 0) is 4.74 Å². The lowest BCUT2D eigenvalue weighted by molar-refractivity contribution is -0.00757. The van der Waals surface area contributed by atoms with Crippen LogP contribution >= 0.6 is 0 Å². The van der Waals surface area contributed by atoms with Gasteiger partial charge in [0.25, 0.3) is 0 Å². The van der Waals surface area contributed by atoms with E-state index in [1.807, 2.05) is 7.05 Å². The predicted molar refractivity (Wildman–Crippen MR) is 68.8 cm³/mol. The van der Waals surface area contributed by atoms with Crippen LogP contribution in [0, 0.1) is 0 Å². The van der Waals surface area contributed by atoms with Crippen LogP contribution in [0.15, 0.2) is 0 Å². The molecule has 2 unspecified atom stereocenters. The molecule has 0 amide bonds. The average Bonchev–Trinajstić information content (AvgIpc) is 2.30. The number of nitrogens with zero attached hydrogens (tertiary/aromatic N) is 1. The quantitative estimate of drug-likeness (QED) is 0.673. The van der Waals surface area contributed by atoms with Gasteiger partial charge < -0.3 is 15.0 Å². The van der Waals surface area contributed by atoms with Gasteiger partial charge in [-0.3, -0.25) is 0 Å². The summed E-state index contributed by atoms with van der Waals surface area (Å²) >= 11 is 0. The zero-order valence-corrected chi connectivity index (χ0v) is 11.2. The van der Waals surface area contributed by atoms with Crippen LogP contribution in [0.4, 0.5) is 0 Å². The van der Waals surface area contributed by atoms with Gasteiger partial charge in [-0.2, -0.15) is 0 Å². The third-order valence-corrected chi connectivity index (χ3v) is 3.57. The highest BCUT2D eigenvalue weighted by Crippen LogP contribution is 2.15. The second kappa shape index (κ2) is 8.04. The Labute approximate surface area is 101 Å². The van der Waals surface area contributed by atoms with E-state index in [2.05, 4.69) is 24.2 Å². The van der Waals surface area contributed by atoms with E-state index in [9.17, 15) is 0 Å². The van der Waals surface area contributed by atoms with E-state index in [0.29, 0.717) is 12.1 Å². The minimum Gasteiger partial charge on any atom is -0.377 e. The normalized spacial score (nSPS) is 23.6. The topological polar surface area (TPSA) is 24.5 Å². The van der Waals surface area contributed by atoms with E-state index in [4.69, 9.17) is 4.74 Å². The fourth-order valence-electron chi connectivity index (χ4n) is 2.25. The molecule has 0 spiro atoms. The van der Waals surface area contributed by atoms with Crippen molar-refractivity contribution in [3.63, 3.8) is 0 Å². The SMILES string of the molecule is CNCCCC(C)N(C)CC1CCCCO1. The van der Waals surface area contributed by atoms with Crippen LogP contribution < -0.4 is 5.32 Å². The first-order valence-electron chi connectivity index (χ1n) is 6.70. The summed E-state index contributed by atoms with van der Waals surface area (Å²) in [6.45, 7) is 5.50. The van der Waals surface area contributed by atoms with E-state index >= 15 is 0 Å². The smallest absolute Gasteiger partial charge is 0.0702 e. The maximum Gasteiger partial charge on any atom is 0.0702 e. The second-order valence-electron chi connectivity index (χ2n) is 5.02. The zero-order chi connectivity index (χ0) is 11.8. The molecule has 1 rings (SSSR count). The summed E-state index contributed by atoms with van der Waals surface area (Å²) in [5.41, 5.74) is 0. The van der Waals surface area contributed by atoms with E-state index in [1.165, 1.54) is 32.1 Å². The monoisotopic (exact) mass is 228 g/mol. The first kappa shape index (κ1) is 13.9. The molecule has 0 radical (unpaired) electrons. The van der Waals surface area contributed by atoms with Gasteiger partial charge in [0.05, 0.1) is 6.10 Å². The van der Waals surface area contributed by atoms with Crippen LogP contribution in [0.25, 0.3) is 0 Å². The van der Waals surface area contributed by atoms with Gasteiger partial charge in [-0.15, -0.1) is 0 Å². The first-order chi connectivity index (χ1) is 7.74. The second-order valence-corrected chi connectivity index (χ2v) is 5.02. The molecule has 0 saturated carbocycles. The third-order valence-electron chi connectivity index (χ3n) is 3.57. The highest BCUT2D eigenvalue weighted by molar-refractivity contribution is 4.71. The van der Waals surface area contributed by atoms with Crippen molar-refractivity contribution in [2.24, 2.45) is 0 Å². The maximum absolute atomic E-state index is 5.77. The fourth-order valence-corrected chi connectivity index (χ4v) is 2.25. The molecule has 0 aliphatic carbocycles. The molecule has 3 heteroatoms. The van der Waals surface area contributed by atoms with Gasteiger partial charge in [0.2, 0.25) is 0 Å². The van der Waals surface area contributed by atoms with Crippen molar-refractivity contribution in [2.45, 2.75) is 51.2 Å². The molecule has 0 aromatic heterocycles. The predicted octanol–water partition coefficient (Wildman–Crippen LogP) is 1.88. The Morgan fingerprint density at radius 2 is 2.25 bits per heavy atom. The van der Waals surface area contributed by atoms with E-state index in [-0.39, 0.29) is 0 Å². The molecular formula is C13H28N2O. The summed E-state index contributed by atoms with van der Waals surface area (Å²) in [4.78, 5) is 2.45. The van der Waals surface area contributed by atoms with Gasteiger partial charge in [0, 0.05) is 19.2 Å². The van der Waals surface area contributed by atoms with Crippen molar-refractivity contribution in [3.8, 4) is 0 Å². The van der Waals surface area contributed by atoms with Crippen LogP contribution in [0.5, 0.6) is 0 Å². The fraction of sp³-hybridized carbons (Fsp3) is 1.00. The van der Waals surface area contributed by atoms with Gasteiger partial charge in [-0.25, -0.2) is 0 Å². The Hall–Kier alpha value is -0.120. The minimum atomic E-state index is 0.477. The molecule has 96 valence electrons. The van der Waals surface area contributed by atoms with Crippen LogP contribution in [0.3, 0.4) is 0 Å². The molecule has 0 aromatic rings. The number of hydrogen-bond acceptors (Lipinski definition) is 3. The Morgan fingerprint density at radius 3 is 2.88 bits per heavy atom. The summed E-state index contributed by atoms with van der Waals surface area (Å²) in [6.07, 6.45) is 6.83. The van der Waals surface area contributed by atoms with Gasteiger partial charge in [-0.05, 0) is 59.7 Å². The van der Waals surface area contributed by atoms with E-state index < -0.39 is 0 Å². The highest BCUT2D eigenvalue weighted by atomic mass is 16.5. The summed E-state index contributed by atoms with van der Waals surface area (Å²) in [5, 5.41) is 3.20. The Bertz CT molecular complexity index is 169. The van der Waals surface area contributed by atoms with Crippen LogP contribution in [0.1, 0.15) is 39.0 Å². The standard InChI is InChI=1S/C13H28N2O/c1-12(7-6-9-14-2)15(3)11-13-8-4-5-10-16-13/h12-14H,4-11H2,1-3H3. The van der Waals surface area contributed by atoms with Crippen LogP contribution in [0.2, 0.25) is 0 Å². The molecule has 1 aliphatic rings. The number of hydrogen-bond donors (Lipinski definition) is 1. The largest absolute Gasteiger partial charge is 0.377 e. The Kier molecular flexibility index (Phi) is 7.01. The molecule has 0 aromatic carbocycles. The lowest BCUT2D eigenvalue weighted by atomic mass is 10.1. The van der Waals surface area contributed by atoms with Crippen molar-refractivity contribution < 1.29 is 4.74 Å². The average molecular weight is 228 g/mol. The third kappa shape index (κ3) is 5.28. The molecule has 2 atom stereocenters. The van der Waals surface area contributed by atoms with Crippen molar-refractivity contribution in [1.29, 1.82) is 0 Å². The van der Waals surface area contributed by atoms with Crippen molar-refractivity contribution >= 4 is 0 Å². The summed E-state index contributed by atoms with van der Waals surface area (Å²) in [7, 11) is 4.24. The minimum absolute atomic E-state index is 0.477. The van der Waals surface area contributed by atoms with Gasteiger partial charge in [0.1, 0.15) is 0 Å². The number of ether oxygens (including phenoxy) is 1. The number of rotatable bonds is 7. The van der Waals surface area contributed by atoms with E-state index in [1.54, 1.807) is 0 Å². The number of nitrogens with one attached hydrogen (secondary N) is 1. The van der Waals surface area contributed by atoms with Crippen molar-refractivity contribution in [3.05, 3.63) is 0 Å². The van der Waals surface area contributed by atoms with E-state index in [0.717, 1.165) is 19.7 Å². The van der Waals surface area contributed by atoms with Gasteiger partial charge >= 0.3 is 0 Å². The van der Waals surface area contributed by atoms with Crippen molar-refractivity contribution in [2.75, 3.05) is 33.8 Å². The molecule has 1 fully saturated rings. The zero-order valence-electron chi connectivity index (χ0n) is 11.2. The summed E-state index contributed by atoms with van der Waals surface area (Å²) in [5.74, 6) is 0. The molecule has 0 bridgehead atoms. The molecule has 3 nitrogen and oxygen atoms in total. The first-order valence-corrected chi connectivity index (χ1v) is 6.70. The molecule has 1 aliphatic heterocycles. The molecule has 1 N–H and O–H groups in total. The molecular weight excluding hydrogens is 200 g/mol. The lowest BCUT2D eigenvalue weighted by Gasteiger charge is -2.31. The van der Waals surface area contributed by atoms with Crippen molar-refractivity contribution in [1.82, 2.24) is 10.2 Å². The number of likely N-dealkylation sites (N-methyl/N-ethyl adjacent to an activating group) is 1. The maximum atomic E-state index is 5.77. The Balaban J connectivity index is 2.14. The van der Waals surface area contributed by atoms with Gasteiger partial charge in [-0.1, -0.05) is 0 Å². The summed E-state index contributed by atoms with van der Waals surface area (Å²) in [6, 6.07) is 0.666. The van der Waals surface area contributed by atoms with Crippen LogP contribution in [-0.4, -0.2) is 50.8 Å². The summed E-state index contributed by atoms with van der Waals surface area (Å²) < 4.78 is 5.77. The molecule has 16 heavy (non-hydrogen) atoms.